The molecule has 62 valence electrons. The van der Waals surface area contributed by atoms with E-state index in [2.05, 4.69) is 11.9 Å². The lowest BCUT2D eigenvalue weighted by Gasteiger charge is -2.18. The minimum atomic E-state index is 0.0801. The van der Waals surface area contributed by atoms with Gasteiger partial charge in [0.15, 0.2) is 5.88 Å². The van der Waals surface area contributed by atoms with Crippen LogP contribution in [-0.2, 0) is 0 Å². The number of aliphatic hydroxyl groups is 1. The zero-order chi connectivity index (χ0) is 9.30. The van der Waals surface area contributed by atoms with Gasteiger partial charge in [-0.3, -0.25) is 0 Å². The summed E-state index contributed by atoms with van der Waals surface area (Å²) in [5.74, 6) is 0.0801. The third-order valence-corrected chi connectivity index (χ3v) is 1.98. The summed E-state index contributed by atoms with van der Waals surface area (Å²) in [5.41, 5.74) is 2.43. The van der Waals surface area contributed by atoms with Gasteiger partial charge < -0.3 is 10.4 Å². The molecule has 0 unspecified atom stereocenters. The van der Waals surface area contributed by atoms with Crippen molar-refractivity contribution in [3.63, 3.8) is 0 Å². The Morgan fingerprint density at radius 2 is 2.00 bits per heavy atom. The summed E-state index contributed by atoms with van der Waals surface area (Å²) in [6, 6.07) is 2.03. The van der Waals surface area contributed by atoms with Crippen LogP contribution in [0.15, 0.2) is 34.9 Å². The van der Waals surface area contributed by atoms with Gasteiger partial charge in [0.1, 0.15) is 6.07 Å². The second kappa shape index (κ2) is 2.74. The molecule has 0 atom stereocenters. The first-order valence-corrected chi connectivity index (χ1v) is 3.55. The van der Waals surface area contributed by atoms with Crippen molar-refractivity contribution >= 4 is 0 Å². The second-order valence-corrected chi connectivity index (χ2v) is 2.69. The molecular weight excluding hydrogens is 152 g/mol. The summed E-state index contributed by atoms with van der Waals surface area (Å²) in [7, 11) is 0. The van der Waals surface area contributed by atoms with Crippen LogP contribution in [0.5, 0.6) is 0 Å². The maximum Gasteiger partial charge on any atom is 0.191 e. The van der Waals surface area contributed by atoms with E-state index in [1.165, 1.54) is 0 Å². The fourth-order valence-electron chi connectivity index (χ4n) is 1.04. The van der Waals surface area contributed by atoms with Crippen LogP contribution in [-0.4, -0.2) is 5.11 Å². The number of allylic oxidation sites excluding steroid dienone is 3. The van der Waals surface area contributed by atoms with Gasteiger partial charge >= 0.3 is 0 Å². The molecule has 1 aliphatic rings. The molecule has 0 saturated heterocycles. The van der Waals surface area contributed by atoms with Crippen molar-refractivity contribution in [2.75, 3.05) is 0 Å². The maximum absolute atomic E-state index is 9.30. The molecule has 0 aromatic rings. The monoisotopic (exact) mass is 162 g/mol. The van der Waals surface area contributed by atoms with Crippen LogP contribution in [0.3, 0.4) is 0 Å². The number of hydrogen-bond donors (Lipinski definition) is 2. The highest BCUT2D eigenvalue weighted by atomic mass is 16.3. The molecule has 0 radical (unpaired) electrons. The van der Waals surface area contributed by atoms with Gasteiger partial charge in [0.05, 0.1) is 11.3 Å². The van der Waals surface area contributed by atoms with Gasteiger partial charge in [-0.15, -0.1) is 0 Å². The number of aliphatic hydroxyl groups excluding tert-OH is 1. The van der Waals surface area contributed by atoms with E-state index in [-0.39, 0.29) is 5.88 Å². The van der Waals surface area contributed by atoms with Gasteiger partial charge in [-0.1, -0.05) is 6.58 Å². The van der Waals surface area contributed by atoms with Crippen molar-refractivity contribution < 1.29 is 5.11 Å². The predicted molar refractivity (Wildman–Crippen MR) is 45.9 cm³/mol. The Hall–Kier alpha value is -1.69. The Morgan fingerprint density at radius 1 is 1.42 bits per heavy atom. The lowest BCUT2D eigenvalue weighted by molar-refractivity contribution is 0.370. The third-order valence-electron chi connectivity index (χ3n) is 1.98. The first-order valence-electron chi connectivity index (χ1n) is 3.55. The molecular formula is C9H10N2O. The Bertz CT molecular complexity index is 342. The van der Waals surface area contributed by atoms with E-state index >= 15 is 0 Å². The summed E-state index contributed by atoms with van der Waals surface area (Å²) >= 11 is 0. The number of hydrogen-bond acceptors (Lipinski definition) is 3. The van der Waals surface area contributed by atoms with E-state index in [0.29, 0.717) is 16.8 Å². The Labute approximate surface area is 71.3 Å². The highest BCUT2D eigenvalue weighted by Gasteiger charge is 2.17. The van der Waals surface area contributed by atoms with E-state index in [9.17, 15) is 5.11 Å². The molecule has 1 aliphatic heterocycles. The van der Waals surface area contributed by atoms with Crippen LogP contribution in [0.25, 0.3) is 0 Å². The molecule has 0 saturated carbocycles. The number of nitrogens with one attached hydrogen (secondary N) is 1. The van der Waals surface area contributed by atoms with E-state index in [0.717, 1.165) is 5.57 Å². The first kappa shape index (κ1) is 8.41. The maximum atomic E-state index is 9.30. The molecule has 1 heterocycles. The molecule has 0 fully saturated rings. The van der Waals surface area contributed by atoms with E-state index in [1.54, 1.807) is 13.8 Å². The Balaban J connectivity index is 3.29. The topological polar surface area (TPSA) is 56.0 Å². The highest BCUT2D eigenvalue weighted by Crippen LogP contribution is 2.24. The summed E-state index contributed by atoms with van der Waals surface area (Å²) < 4.78 is 0. The van der Waals surface area contributed by atoms with Gasteiger partial charge in [-0.25, -0.2) is 0 Å². The highest BCUT2D eigenvalue weighted by molar-refractivity contribution is 5.53. The fraction of sp³-hybridized carbons (Fsp3) is 0.222. The van der Waals surface area contributed by atoms with Crippen LogP contribution >= 0.6 is 0 Å². The number of nitrogens with zero attached hydrogens (tertiary/aromatic N) is 1. The van der Waals surface area contributed by atoms with Crippen LogP contribution in [0, 0.1) is 11.3 Å². The fourth-order valence-corrected chi connectivity index (χ4v) is 1.04. The SMILES string of the molecule is C=C1NC(O)=C(C)C(C)=C1C#N. The Morgan fingerprint density at radius 3 is 2.50 bits per heavy atom. The van der Waals surface area contributed by atoms with Crippen molar-refractivity contribution in [2.45, 2.75) is 13.8 Å². The summed E-state index contributed by atoms with van der Waals surface area (Å²) in [6.07, 6.45) is 0. The summed E-state index contributed by atoms with van der Waals surface area (Å²) in [4.78, 5) is 0. The smallest absolute Gasteiger partial charge is 0.191 e. The van der Waals surface area contributed by atoms with Crippen molar-refractivity contribution in [2.24, 2.45) is 0 Å². The molecule has 1 rings (SSSR count). The molecule has 0 spiro atoms. The molecule has 0 amide bonds. The van der Waals surface area contributed by atoms with E-state index in [1.807, 2.05) is 6.07 Å². The molecule has 12 heavy (non-hydrogen) atoms. The average Bonchev–Trinajstić information content (AvgIpc) is 2.01. The van der Waals surface area contributed by atoms with Gasteiger partial charge in [0.2, 0.25) is 0 Å². The number of rotatable bonds is 0. The molecule has 0 bridgehead atoms. The molecule has 3 nitrogen and oxygen atoms in total. The van der Waals surface area contributed by atoms with Crippen LogP contribution in [0.4, 0.5) is 0 Å². The number of dihydropyridines is 1. The van der Waals surface area contributed by atoms with Crippen LogP contribution in [0.2, 0.25) is 0 Å². The molecule has 2 N–H and O–H groups in total. The largest absolute Gasteiger partial charge is 0.494 e. The molecule has 0 aromatic heterocycles. The molecule has 0 aliphatic carbocycles. The lowest BCUT2D eigenvalue weighted by Crippen LogP contribution is -2.20. The van der Waals surface area contributed by atoms with Crippen LogP contribution in [0.1, 0.15) is 13.8 Å². The predicted octanol–water partition coefficient (Wildman–Crippen LogP) is 1.73. The first-order chi connectivity index (χ1) is 5.57. The second-order valence-electron chi connectivity index (χ2n) is 2.69. The summed E-state index contributed by atoms with van der Waals surface area (Å²) in [6.45, 7) is 7.16. The van der Waals surface area contributed by atoms with Gasteiger partial charge in [0, 0.05) is 5.57 Å². The quantitative estimate of drug-likeness (QED) is 0.570. The van der Waals surface area contributed by atoms with Crippen molar-refractivity contribution in [1.82, 2.24) is 5.32 Å². The number of nitriles is 1. The zero-order valence-electron chi connectivity index (χ0n) is 7.10. The van der Waals surface area contributed by atoms with E-state index < -0.39 is 0 Å². The normalized spacial score (nSPS) is 17.6. The Kier molecular flexibility index (Phi) is 1.92. The average molecular weight is 162 g/mol. The molecule has 3 heteroatoms. The van der Waals surface area contributed by atoms with Gasteiger partial charge in [0.25, 0.3) is 0 Å². The summed E-state index contributed by atoms with van der Waals surface area (Å²) in [5, 5.41) is 20.6. The standard InChI is InChI=1S/C9H10N2O/c1-5-6(2)9(12)11-7(3)8(5)4-10/h11-12H,3H2,1-2H3. The minimum Gasteiger partial charge on any atom is -0.494 e. The van der Waals surface area contributed by atoms with E-state index in [4.69, 9.17) is 5.26 Å². The van der Waals surface area contributed by atoms with Crippen LogP contribution < -0.4 is 5.32 Å². The minimum absolute atomic E-state index is 0.0801. The van der Waals surface area contributed by atoms with Gasteiger partial charge in [-0.05, 0) is 19.4 Å². The van der Waals surface area contributed by atoms with Crippen molar-refractivity contribution in [3.05, 3.63) is 34.9 Å². The zero-order valence-corrected chi connectivity index (χ0v) is 7.10. The molecule has 0 aromatic carbocycles. The third kappa shape index (κ3) is 1.08. The van der Waals surface area contributed by atoms with Crippen molar-refractivity contribution in [1.29, 1.82) is 5.26 Å². The van der Waals surface area contributed by atoms with Gasteiger partial charge in [-0.2, -0.15) is 5.26 Å². The van der Waals surface area contributed by atoms with Crippen molar-refractivity contribution in [3.8, 4) is 6.07 Å². The lowest BCUT2D eigenvalue weighted by atomic mass is 9.99.